The van der Waals surface area contributed by atoms with Gasteiger partial charge in [-0.05, 0) is 23.5 Å². The topological polar surface area (TPSA) is 41.6 Å². The molecule has 4 nitrogen and oxygen atoms in total. The molecule has 0 aliphatic carbocycles. The Hall–Kier alpha value is -0.620. The minimum absolute atomic E-state index is 0. The van der Waals surface area contributed by atoms with Gasteiger partial charge in [0.25, 0.3) is 5.91 Å². The molecular weight excluding hydrogens is 296 g/mol. The van der Waals surface area contributed by atoms with Crippen LogP contribution in [0.1, 0.15) is 20.1 Å². The van der Waals surface area contributed by atoms with Crippen LogP contribution in [0.15, 0.2) is 6.07 Å². The van der Waals surface area contributed by atoms with Crippen molar-refractivity contribution in [3.8, 4) is 0 Å². The molecule has 4 heterocycles. The molecule has 1 amide bonds. The monoisotopic (exact) mass is 314 g/mol. The first kappa shape index (κ1) is 14.3. The van der Waals surface area contributed by atoms with E-state index < -0.39 is 0 Å². The third-order valence-corrected chi connectivity index (χ3v) is 5.74. The molecule has 0 bridgehead atoms. The fourth-order valence-electron chi connectivity index (χ4n) is 3.43. The van der Waals surface area contributed by atoms with E-state index in [1.54, 1.807) is 11.3 Å². The van der Waals surface area contributed by atoms with Crippen molar-refractivity contribution >= 4 is 29.7 Å². The molecule has 0 aromatic carbocycles. The van der Waals surface area contributed by atoms with Crippen LogP contribution in [0.25, 0.3) is 0 Å². The molecule has 110 valence electrons. The molecular formula is C14H19ClN2O2S. The van der Waals surface area contributed by atoms with Gasteiger partial charge in [-0.25, -0.2) is 0 Å². The Morgan fingerprint density at radius 3 is 2.80 bits per heavy atom. The highest BCUT2D eigenvalue weighted by Crippen LogP contribution is 2.31. The summed E-state index contributed by atoms with van der Waals surface area (Å²) in [6.07, 6.45) is 0.961. The van der Waals surface area contributed by atoms with Gasteiger partial charge in [-0.15, -0.1) is 23.7 Å². The van der Waals surface area contributed by atoms with Gasteiger partial charge < -0.3 is 15.0 Å². The van der Waals surface area contributed by atoms with Crippen molar-refractivity contribution in [3.63, 3.8) is 0 Å². The predicted molar refractivity (Wildman–Crippen MR) is 80.7 cm³/mol. The molecule has 0 spiro atoms. The summed E-state index contributed by atoms with van der Waals surface area (Å²) in [6.45, 7) is 5.46. The Morgan fingerprint density at radius 1 is 1.35 bits per heavy atom. The van der Waals surface area contributed by atoms with Gasteiger partial charge in [-0.3, -0.25) is 4.79 Å². The number of hydrogen-bond donors (Lipinski definition) is 1. The van der Waals surface area contributed by atoms with Gasteiger partial charge in [-0.1, -0.05) is 0 Å². The molecule has 4 rings (SSSR count). The van der Waals surface area contributed by atoms with Crippen LogP contribution >= 0.6 is 23.7 Å². The summed E-state index contributed by atoms with van der Waals surface area (Å²) >= 11 is 1.67. The standard InChI is InChI=1S/C14H18N2O2S.ClH/c17-14(16-6-10-4-15-5-11(10)7-16)13-3-9-8-18-2-1-12(9)19-13;/h3,10-11,15H,1-2,4-8H2;1H/t10-,11+;. The van der Waals surface area contributed by atoms with E-state index in [9.17, 15) is 4.79 Å². The Bertz CT molecular complexity index is 484. The molecule has 1 N–H and O–H groups in total. The maximum atomic E-state index is 12.6. The minimum Gasteiger partial charge on any atom is -0.376 e. The number of carbonyl (C=O) groups excluding carboxylic acids is 1. The van der Waals surface area contributed by atoms with Crippen molar-refractivity contribution in [1.82, 2.24) is 10.2 Å². The summed E-state index contributed by atoms with van der Waals surface area (Å²) in [5.74, 6) is 1.57. The number of nitrogens with one attached hydrogen (secondary N) is 1. The maximum Gasteiger partial charge on any atom is 0.263 e. The molecule has 0 unspecified atom stereocenters. The number of nitrogens with zero attached hydrogens (tertiary/aromatic N) is 1. The fourth-order valence-corrected chi connectivity index (χ4v) is 4.55. The average Bonchev–Trinajstić information content (AvgIpc) is 3.10. The number of likely N-dealkylation sites (tertiary alicyclic amines) is 1. The summed E-state index contributed by atoms with van der Waals surface area (Å²) in [5.41, 5.74) is 1.22. The second-order valence-electron chi connectivity index (χ2n) is 5.75. The van der Waals surface area contributed by atoms with Crippen LogP contribution < -0.4 is 5.32 Å². The number of ether oxygens (including phenoxy) is 1. The largest absolute Gasteiger partial charge is 0.376 e. The third kappa shape index (κ3) is 2.37. The number of amides is 1. The van der Waals surface area contributed by atoms with Gasteiger partial charge in [0.2, 0.25) is 0 Å². The molecule has 2 atom stereocenters. The van der Waals surface area contributed by atoms with Crippen LogP contribution in [0.3, 0.4) is 0 Å². The first-order valence-corrected chi connectivity index (χ1v) is 7.82. The number of rotatable bonds is 1. The quantitative estimate of drug-likeness (QED) is 0.855. The van der Waals surface area contributed by atoms with Crippen LogP contribution in [-0.4, -0.2) is 43.6 Å². The molecule has 3 aliphatic heterocycles. The van der Waals surface area contributed by atoms with Gasteiger partial charge in [-0.2, -0.15) is 0 Å². The third-order valence-electron chi connectivity index (χ3n) is 4.52. The molecule has 1 aromatic heterocycles. The summed E-state index contributed by atoms with van der Waals surface area (Å²) in [7, 11) is 0. The van der Waals surface area contributed by atoms with Crippen LogP contribution in [0.2, 0.25) is 0 Å². The Kier molecular flexibility index (Phi) is 4.04. The second-order valence-corrected chi connectivity index (χ2v) is 6.89. The zero-order valence-corrected chi connectivity index (χ0v) is 12.9. The van der Waals surface area contributed by atoms with Crippen LogP contribution in [-0.2, 0) is 17.8 Å². The van der Waals surface area contributed by atoms with Crippen molar-refractivity contribution in [2.45, 2.75) is 13.0 Å². The van der Waals surface area contributed by atoms with Crippen molar-refractivity contribution in [3.05, 3.63) is 21.4 Å². The molecule has 1 aromatic rings. The summed E-state index contributed by atoms with van der Waals surface area (Å²) in [5, 5.41) is 3.41. The summed E-state index contributed by atoms with van der Waals surface area (Å²) in [6, 6.07) is 2.05. The molecule has 2 saturated heterocycles. The van der Waals surface area contributed by atoms with Gasteiger partial charge in [0.1, 0.15) is 0 Å². The number of halogens is 1. The highest BCUT2D eigenvalue weighted by Gasteiger charge is 2.38. The molecule has 0 radical (unpaired) electrons. The summed E-state index contributed by atoms with van der Waals surface area (Å²) in [4.78, 5) is 16.9. The van der Waals surface area contributed by atoms with E-state index in [-0.39, 0.29) is 18.3 Å². The smallest absolute Gasteiger partial charge is 0.263 e. The normalized spacial score (nSPS) is 27.9. The van der Waals surface area contributed by atoms with Crippen LogP contribution in [0.5, 0.6) is 0 Å². The van der Waals surface area contributed by atoms with E-state index in [2.05, 4.69) is 5.32 Å². The van der Waals surface area contributed by atoms with Crippen LogP contribution in [0, 0.1) is 11.8 Å². The second kappa shape index (κ2) is 5.64. The average molecular weight is 315 g/mol. The Balaban J connectivity index is 0.00000121. The zero-order chi connectivity index (χ0) is 12.8. The lowest BCUT2D eigenvalue weighted by molar-refractivity contribution is 0.0786. The molecule has 2 fully saturated rings. The van der Waals surface area contributed by atoms with Gasteiger partial charge in [0.05, 0.1) is 18.1 Å². The van der Waals surface area contributed by atoms with E-state index in [4.69, 9.17) is 4.74 Å². The van der Waals surface area contributed by atoms with E-state index in [1.807, 2.05) is 11.0 Å². The summed E-state index contributed by atoms with van der Waals surface area (Å²) < 4.78 is 5.45. The highest BCUT2D eigenvalue weighted by atomic mass is 35.5. The van der Waals surface area contributed by atoms with E-state index in [0.717, 1.165) is 44.1 Å². The lowest BCUT2D eigenvalue weighted by Gasteiger charge is -2.16. The minimum atomic E-state index is 0. The highest BCUT2D eigenvalue weighted by molar-refractivity contribution is 7.14. The predicted octanol–water partition coefficient (Wildman–Crippen LogP) is 1.53. The van der Waals surface area contributed by atoms with Crippen molar-refractivity contribution in [2.24, 2.45) is 11.8 Å². The van der Waals surface area contributed by atoms with Gasteiger partial charge >= 0.3 is 0 Å². The maximum absolute atomic E-state index is 12.6. The number of fused-ring (bicyclic) bond motifs is 2. The van der Waals surface area contributed by atoms with E-state index in [1.165, 1.54) is 10.4 Å². The molecule has 0 saturated carbocycles. The molecule has 3 aliphatic rings. The van der Waals surface area contributed by atoms with Crippen molar-refractivity contribution in [2.75, 3.05) is 32.8 Å². The lowest BCUT2D eigenvalue weighted by Crippen LogP contribution is -2.31. The SMILES string of the molecule is Cl.O=C(c1cc2c(s1)CCOC2)N1C[C@H]2CNC[C@H]2C1. The molecule has 6 heteroatoms. The van der Waals surface area contributed by atoms with Crippen molar-refractivity contribution < 1.29 is 9.53 Å². The first-order valence-electron chi connectivity index (χ1n) is 7.00. The first-order chi connectivity index (χ1) is 9.31. The Morgan fingerprint density at radius 2 is 2.10 bits per heavy atom. The van der Waals surface area contributed by atoms with Crippen molar-refractivity contribution in [1.29, 1.82) is 0 Å². The Labute approximate surface area is 128 Å². The molecule has 20 heavy (non-hydrogen) atoms. The number of hydrogen-bond acceptors (Lipinski definition) is 4. The van der Waals surface area contributed by atoms with Crippen LogP contribution in [0.4, 0.5) is 0 Å². The number of thiophene rings is 1. The van der Waals surface area contributed by atoms with Gasteiger partial charge in [0, 0.05) is 37.5 Å². The lowest BCUT2D eigenvalue weighted by atomic mass is 10.0. The van der Waals surface area contributed by atoms with Gasteiger partial charge in [0.15, 0.2) is 0 Å². The van der Waals surface area contributed by atoms with E-state index >= 15 is 0 Å². The number of carbonyl (C=O) groups is 1. The van der Waals surface area contributed by atoms with E-state index in [0.29, 0.717) is 18.4 Å². The fraction of sp³-hybridized carbons (Fsp3) is 0.643. The zero-order valence-electron chi connectivity index (χ0n) is 11.3.